The molecule has 2 heterocycles. The predicted molar refractivity (Wildman–Crippen MR) is 50.2 cm³/mol. The van der Waals surface area contributed by atoms with Crippen molar-refractivity contribution in [1.82, 2.24) is 9.47 Å². The van der Waals surface area contributed by atoms with E-state index in [1.165, 1.54) is 5.56 Å². The van der Waals surface area contributed by atoms with Crippen LogP contribution in [0.4, 0.5) is 0 Å². The predicted octanol–water partition coefficient (Wildman–Crippen LogP) is 1.32. The fourth-order valence-corrected chi connectivity index (χ4v) is 1.92. The number of hydrogen-bond acceptors (Lipinski definition) is 1. The lowest BCUT2D eigenvalue weighted by atomic mass is 10.1. The summed E-state index contributed by atoms with van der Waals surface area (Å²) in [5.74, 6) is 0.258. The van der Waals surface area contributed by atoms with Crippen LogP contribution in [0.5, 0.6) is 0 Å². The average molecular weight is 178 g/mol. The Morgan fingerprint density at radius 3 is 2.69 bits per heavy atom. The molecule has 0 aromatic carbocycles. The first-order valence-electron chi connectivity index (χ1n) is 4.56. The van der Waals surface area contributed by atoms with Crippen molar-refractivity contribution in [1.29, 1.82) is 0 Å². The molecule has 1 saturated heterocycles. The summed E-state index contributed by atoms with van der Waals surface area (Å²) in [6, 6.07) is 2.38. The molecule has 1 amide bonds. The highest BCUT2D eigenvalue weighted by Gasteiger charge is 2.28. The molecule has 1 aliphatic rings. The molecule has 1 aromatic heterocycles. The van der Waals surface area contributed by atoms with Gasteiger partial charge < -0.3 is 9.47 Å². The highest BCUT2D eigenvalue weighted by atomic mass is 16.2. The lowest BCUT2D eigenvalue weighted by Crippen LogP contribution is -2.22. The molecule has 1 aromatic rings. The van der Waals surface area contributed by atoms with Crippen LogP contribution in [0, 0.1) is 0 Å². The smallest absolute Gasteiger partial charge is 0.222 e. The topological polar surface area (TPSA) is 25.2 Å². The van der Waals surface area contributed by atoms with Gasteiger partial charge in [-0.1, -0.05) is 0 Å². The molecule has 0 N–H and O–H groups in total. The molecular formula is C10H14N2O. The maximum atomic E-state index is 11.3. The normalized spacial score (nSPS) is 22.8. The molecule has 0 radical (unpaired) electrons. The zero-order valence-corrected chi connectivity index (χ0v) is 8.03. The first-order valence-corrected chi connectivity index (χ1v) is 4.56. The second-order valence-corrected chi connectivity index (χ2v) is 3.67. The van der Waals surface area contributed by atoms with Gasteiger partial charge in [0.05, 0.1) is 6.04 Å². The van der Waals surface area contributed by atoms with Gasteiger partial charge in [-0.2, -0.15) is 0 Å². The van der Waals surface area contributed by atoms with Crippen molar-refractivity contribution in [2.45, 2.75) is 18.9 Å². The summed E-state index contributed by atoms with van der Waals surface area (Å²) in [6.07, 6.45) is 5.75. The first-order chi connectivity index (χ1) is 6.18. The molecule has 3 nitrogen and oxygen atoms in total. The molecule has 0 bridgehead atoms. The Labute approximate surface area is 78.0 Å². The van der Waals surface area contributed by atoms with Crippen molar-refractivity contribution in [2.24, 2.45) is 7.05 Å². The van der Waals surface area contributed by atoms with Crippen molar-refractivity contribution in [3.8, 4) is 0 Å². The van der Waals surface area contributed by atoms with E-state index in [0.29, 0.717) is 12.5 Å². The highest BCUT2D eigenvalue weighted by molar-refractivity contribution is 5.78. The molecule has 3 heteroatoms. The number of hydrogen-bond donors (Lipinski definition) is 0. The summed E-state index contributed by atoms with van der Waals surface area (Å²) < 4.78 is 2.02. The van der Waals surface area contributed by atoms with E-state index in [2.05, 4.69) is 12.3 Å². The molecule has 1 unspecified atom stereocenters. The molecule has 0 aliphatic carbocycles. The van der Waals surface area contributed by atoms with Gasteiger partial charge in [0.1, 0.15) is 0 Å². The van der Waals surface area contributed by atoms with Crippen LogP contribution in [0.15, 0.2) is 18.5 Å². The monoisotopic (exact) mass is 178 g/mol. The Kier molecular flexibility index (Phi) is 1.87. The minimum absolute atomic E-state index is 0.258. The van der Waals surface area contributed by atoms with Gasteiger partial charge in [0.15, 0.2) is 0 Å². The minimum Gasteiger partial charge on any atom is -0.357 e. The zero-order chi connectivity index (χ0) is 9.42. The Morgan fingerprint density at radius 1 is 1.46 bits per heavy atom. The lowest BCUT2D eigenvalue weighted by Gasteiger charge is -2.18. The number of amides is 1. The Morgan fingerprint density at radius 2 is 2.23 bits per heavy atom. The highest BCUT2D eigenvalue weighted by Crippen LogP contribution is 2.30. The third kappa shape index (κ3) is 1.34. The summed E-state index contributed by atoms with van der Waals surface area (Å²) in [7, 11) is 3.88. The van der Waals surface area contributed by atoms with Crippen LogP contribution in [0.1, 0.15) is 24.4 Å². The summed E-state index contributed by atoms with van der Waals surface area (Å²) in [5.41, 5.74) is 1.25. The van der Waals surface area contributed by atoms with Gasteiger partial charge in [-0.3, -0.25) is 4.79 Å². The van der Waals surface area contributed by atoms with Gasteiger partial charge in [0, 0.05) is 32.9 Å². The van der Waals surface area contributed by atoms with Crippen LogP contribution in [0.25, 0.3) is 0 Å². The van der Waals surface area contributed by atoms with Crippen LogP contribution in [-0.2, 0) is 11.8 Å². The Bertz CT molecular complexity index is 329. The number of likely N-dealkylation sites (tertiary alicyclic amines) is 1. The minimum atomic E-state index is 0.258. The molecule has 1 atom stereocenters. The summed E-state index contributed by atoms with van der Waals surface area (Å²) in [5, 5.41) is 0. The zero-order valence-electron chi connectivity index (χ0n) is 8.03. The third-order valence-corrected chi connectivity index (χ3v) is 2.73. The molecule has 70 valence electrons. The summed E-state index contributed by atoms with van der Waals surface area (Å²) in [6.45, 7) is 0. The van der Waals surface area contributed by atoms with Gasteiger partial charge in [0.2, 0.25) is 5.91 Å². The second kappa shape index (κ2) is 2.91. The summed E-state index contributed by atoms with van der Waals surface area (Å²) >= 11 is 0. The number of carbonyl (C=O) groups is 1. The van der Waals surface area contributed by atoms with E-state index >= 15 is 0 Å². The molecular weight excluding hydrogens is 164 g/mol. The number of nitrogens with zero attached hydrogens (tertiary/aromatic N) is 2. The van der Waals surface area contributed by atoms with Crippen molar-refractivity contribution in [3.05, 3.63) is 24.0 Å². The third-order valence-electron chi connectivity index (χ3n) is 2.73. The van der Waals surface area contributed by atoms with Crippen LogP contribution in [0.3, 0.4) is 0 Å². The largest absolute Gasteiger partial charge is 0.357 e. The van der Waals surface area contributed by atoms with E-state index in [1.54, 1.807) is 0 Å². The molecule has 1 aliphatic heterocycles. The van der Waals surface area contributed by atoms with Crippen LogP contribution in [-0.4, -0.2) is 22.4 Å². The molecule has 13 heavy (non-hydrogen) atoms. The number of aromatic nitrogens is 1. The van der Waals surface area contributed by atoms with E-state index in [1.807, 2.05) is 29.8 Å². The standard InChI is InChI=1S/C10H14N2O/c1-11-6-5-8(7-11)9-3-4-10(13)12(9)2/h5-7,9H,3-4H2,1-2H3. The van der Waals surface area contributed by atoms with Crippen LogP contribution in [0.2, 0.25) is 0 Å². The SMILES string of the molecule is CN1C(=O)CCC1c1ccn(C)c1. The Hall–Kier alpha value is -1.25. The van der Waals surface area contributed by atoms with E-state index in [-0.39, 0.29) is 5.91 Å². The second-order valence-electron chi connectivity index (χ2n) is 3.67. The van der Waals surface area contributed by atoms with Crippen molar-refractivity contribution in [2.75, 3.05) is 7.05 Å². The van der Waals surface area contributed by atoms with Gasteiger partial charge >= 0.3 is 0 Å². The fraction of sp³-hybridized carbons (Fsp3) is 0.500. The molecule has 0 saturated carbocycles. The van der Waals surface area contributed by atoms with Crippen molar-refractivity contribution in [3.63, 3.8) is 0 Å². The average Bonchev–Trinajstić information content (AvgIpc) is 2.62. The number of carbonyl (C=O) groups excluding carboxylic acids is 1. The molecule has 2 rings (SSSR count). The number of aryl methyl sites for hydroxylation is 1. The van der Waals surface area contributed by atoms with Gasteiger partial charge in [0.25, 0.3) is 0 Å². The van der Waals surface area contributed by atoms with E-state index in [4.69, 9.17) is 0 Å². The van der Waals surface area contributed by atoms with E-state index in [9.17, 15) is 4.79 Å². The van der Waals surface area contributed by atoms with E-state index in [0.717, 1.165) is 6.42 Å². The maximum Gasteiger partial charge on any atom is 0.222 e. The van der Waals surface area contributed by atoms with Crippen molar-refractivity contribution < 1.29 is 4.79 Å². The van der Waals surface area contributed by atoms with Crippen LogP contribution < -0.4 is 0 Å². The Balaban J connectivity index is 2.23. The van der Waals surface area contributed by atoms with Crippen molar-refractivity contribution >= 4 is 5.91 Å². The van der Waals surface area contributed by atoms with Crippen LogP contribution >= 0.6 is 0 Å². The van der Waals surface area contributed by atoms with E-state index < -0.39 is 0 Å². The number of rotatable bonds is 1. The summed E-state index contributed by atoms with van der Waals surface area (Å²) in [4.78, 5) is 13.1. The quantitative estimate of drug-likeness (QED) is 0.636. The molecule has 0 spiro atoms. The van der Waals surface area contributed by atoms with Gasteiger partial charge in [-0.05, 0) is 18.1 Å². The fourth-order valence-electron chi connectivity index (χ4n) is 1.92. The lowest BCUT2D eigenvalue weighted by molar-refractivity contribution is -0.127. The van der Waals surface area contributed by atoms with Gasteiger partial charge in [-0.15, -0.1) is 0 Å². The molecule has 1 fully saturated rings. The maximum absolute atomic E-state index is 11.3. The van der Waals surface area contributed by atoms with Gasteiger partial charge in [-0.25, -0.2) is 0 Å². The first kappa shape index (κ1) is 8.35.